The highest BCUT2D eigenvalue weighted by Crippen LogP contribution is 2.15. The van der Waals surface area contributed by atoms with Crippen LogP contribution in [0.15, 0.2) is 60.3 Å². The molecule has 1 heterocycles. The molecule has 6 heteroatoms. The van der Waals surface area contributed by atoms with Gasteiger partial charge in [0.05, 0.1) is 5.56 Å². The standard InChI is InChI=1S/C19H16N2O4/c22-17-16(12-14-6-8-15(9-7-14)18(23)24)20-19(25)21(17)11-10-13-4-2-1-3-5-13/h1-9,12H,10-11H2,(H,20,25)(H,23,24). The summed E-state index contributed by atoms with van der Waals surface area (Å²) in [7, 11) is 0. The number of hydrogen-bond donors (Lipinski definition) is 2. The van der Waals surface area contributed by atoms with Gasteiger partial charge in [-0.3, -0.25) is 9.69 Å². The maximum atomic E-state index is 12.4. The summed E-state index contributed by atoms with van der Waals surface area (Å²) < 4.78 is 0. The normalized spacial score (nSPS) is 15.5. The van der Waals surface area contributed by atoms with Crippen molar-refractivity contribution in [3.8, 4) is 0 Å². The molecular weight excluding hydrogens is 320 g/mol. The van der Waals surface area contributed by atoms with Crippen LogP contribution in [0, 0.1) is 0 Å². The van der Waals surface area contributed by atoms with E-state index in [0.29, 0.717) is 18.5 Å². The minimum Gasteiger partial charge on any atom is -0.478 e. The Kier molecular flexibility index (Phi) is 4.61. The summed E-state index contributed by atoms with van der Waals surface area (Å²) in [6.45, 7) is 0.296. The molecule has 1 aliphatic heterocycles. The molecule has 0 radical (unpaired) electrons. The zero-order valence-corrected chi connectivity index (χ0v) is 13.3. The van der Waals surface area contributed by atoms with Gasteiger partial charge in [0.25, 0.3) is 5.91 Å². The Morgan fingerprint density at radius 2 is 1.72 bits per heavy atom. The molecule has 0 saturated carbocycles. The van der Waals surface area contributed by atoms with Crippen molar-refractivity contribution in [1.82, 2.24) is 10.2 Å². The number of aromatic carboxylic acids is 1. The molecule has 1 fully saturated rings. The van der Waals surface area contributed by atoms with E-state index in [1.807, 2.05) is 30.3 Å². The number of carboxylic acids is 1. The minimum absolute atomic E-state index is 0.161. The van der Waals surface area contributed by atoms with Crippen molar-refractivity contribution in [3.63, 3.8) is 0 Å². The van der Waals surface area contributed by atoms with Crippen LogP contribution in [0.4, 0.5) is 4.79 Å². The van der Waals surface area contributed by atoms with Crippen molar-refractivity contribution in [2.45, 2.75) is 6.42 Å². The van der Waals surface area contributed by atoms with Gasteiger partial charge in [-0.25, -0.2) is 9.59 Å². The van der Waals surface area contributed by atoms with Gasteiger partial charge in [-0.15, -0.1) is 0 Å². The number of urea groups is 1. The maximum Gasteiger partial charge on any atom is 0.335 e. The van der Waals surface area contributed by atoms with Gasteiger partial charge in [-0.1, -0.05) is 42.5 Å². The third-order valence-corrected chi connectivity index (χ3v) is 3.90. The molecule has 0 bridgehead atoms. The van der Waals surface area contributed by atoms with Gasteiger partial charge in [-0.05, 0) is 35.8 Å². The van der Waals surface area contributed by atoms with Gasteiger partial charge in [0.2, 0.25) is 0 Å². The lowest BCUT2D eigenvalue weighted by Crippen LogP contribution is -2.32. The second-order valence-corrected chi connectivity index (χ2v) is 5.61. The van der Waals surface area contributed by atoms with Gasteiger partial charge in [0.15, 0.2) is 0 Å². The molecule has 0 atom stereocenters. The quantitative estimate of drug-likeness (QED) is 0.649. The molecule has 0 aromatic heterocycles. The first-order valence-corrected chi connectivity index (χ1v) is 7.76. The maximum absolute atomic E-state index is 12.4. The number of amides is 3. The van der Waals surface area contributed by atoms with Crippen LogP contribution in [-0.2, 0) is 11.2 Å². The highest BCUT2D eigenvalue weighted by Gasteiger charge is 2.32. The van der Waals surface area contributed by atoms with Crippen LogP contribution in [0.1, 0.15) is 21.5 Å². The number of benzene rings is 2. The van der Waals surface area contributed by atoms with E-state index in [1.165, 1.54) is 23.1 Å². The van der Waals surface area contributed by atoms with E-state index in [0.717, 1.165) is 5.56 Å². The average Bonchev–Trinajstić information content (AvgIpc) is 2.88. The van der Waals surface area contributed by atoms with Gasteiger partial charge in [0.1, 0.15) is 5.70 Å². The Morgan fingerprint density at radius 3 is 2.36 bits per heavy atom. The highest BCUT2D eigenvalue weighted by atomic mass is 16.4. The summed E-state index contributed by atoms with van der Waals surface area (Å²) in [5, 5.41) is 11.4. The van der Waals surface area contributed by atoms with Crippen molar-refractivity contribution < 1.29 is 19.5 Å². The summed E-state index contributed by atoms with van der Waals surface area (Å²) in [6, 6.07) is 15.2. The summed E-state index contributed by atoms with van der Waals surface area (Å²) in [4.78, 5) is 36.4. The molecule has 0 aliphatic carbocycles. The van der Waals surface area contributed by atoms with Crippen LogP contribution in [0.3, 0.4) is 0 Å². The molecule has 0 unspecified atom stereocenters. The number of carbonyl (C=O) groups excluding carboxylic acids is 2. The number of nitrogens with one attached hydrogen (secondary N) is 1. The first kappa shape index (κ1) is 16.4. The smallest absolute Gasteiger partial charge is 0.335 e. The first-order valence-electron chi connectivity index (χ1n) is 7.76. The third-order valence-electron chi connectivity index (χ3n) is 3.90. The monoisotopic (exact) mass is 336 g/mol. The molecule has 6 nitrogen and oxygen atoms in total. The van der Waals surface area contributed by atoms with Gasteiger partial charge < -0.3 is 10.4 Å². The van der Waals surface area contributed by atoms with Crippen LogP contribution >= 0.6 is 0 Å². The Morgan fingerprint density at radius 1 is 1.04 bits per heavy atom. The van der Waals surface area contributed by atoms with E-state index in [9.17, 15) is 14.4 Å². The van der Waals surface area contributed by atoms with Crippen molar-refractivity contribution in [2.24, 2.45) is 0 Å². The largest absolute Gasteiger partial charge is 0.478 e. The Hall–Kier alpha value is -3.41. The van der Waals surface area contributed by atoms with Crippen molar-refractivity contribution >= 4 is 24.0 Å². The van der Waals surface area contributed by atoms with Gasteiger partial charge in [0, 0.05) is 6.54 Å². The summed E-state index contributed by atoms with van der Waals surface area (Å²) >= 11 is 0. The van der Waals surface area contributed by atoms with Gasteiger partial charge >= 0.3 is 12.0 Å². The van der Waals surface area contributed by atoms with Crippen LogP contribution < -0.4 is 5.32 Å². The van der Waals surface area contributed by atoms with E-state index >= 15 is 0 Å². The second-order valence-electron chi connectivity index (χ2n) is 5.61. The molecule has 1 saturated heterocycles. The minimum atomic E-state index is -1.02. The lowest BCUT2D eigenvalue weighted by molar-refractivity contribution is -0.122. The van der Waals surface area contributed by atoms with Crippen molar-refractivity contribution in [2.75, 3.05) is 6.54 Å². The van der Waals surface area contributed by atoms with Crippen molar-refractivity contribution in [3.05, 3.63) is 77.0 Å². The fourth-order valence-corrected chi connectivity index (χ4v) is 2.55. The van der Waals surface area contributed by atoms with Crippen LogP contribution in [0.25, 0.3) is 6.08 Å². The SMILES string of the molecule is O=C(O)c1ccc(C=C2NC(=O)N(CCc3ccccc3)C2=O)cc1. The summed E-state index contributed by atoms with van der Waals surface area (Å²) in [6.07, 6.45) is 2.12. The van der Waals surface area contributed by atoms with Crippen LogP contribution in [0.5, 0.6) is 0 Å². The predicted molar refractivity (Wildman–Crippen MR) is 91.8 cm³/mol. The average molecular weight is 336 g/mol. The zero-order valence-electron chi connectivity index (χ0n) is 13.3. The summed E-state index contributed by atoms with van der Waals surface area (Å²) in [5.74, 6) is -1.40. The molecule has 2 aromatic rings. The first-order chi connectivity index (χ1) is 12.0. The van der Waals surface area contributed by atoms with E-state index < -0.39 is 12.0 Å². The molecule has 1 aliphatic rings. The highest BCUT2D eigenvalue weighted by molar-refractivity contribution is 6.14. The Labute approximate surface area is 144 Å². The molecule has 2 N–H and O–H groups in total. The fraction of sp³-hybridized carbons (Fsp3) is 0.105. The van der Waals surface area contributed by atoms with Crippen LogP contribution in [0.2, 0.25) is 0 Å². The van der Waals surface area contributed by atoms with E-state index in [4.69, 9.17) is 5.11 Å². The van der Waals surface area contributed by atoms with Crippen LogP contribution in [-0.4, -0.2) is 34.5 Å². The molecule has 25 heavy (non-hydrogen) atoms. The number of nitrogens with zero attached hydrogens (tertiary/aromatic N) is 1. The summed E-state index contributed by atoms with van der Waals surface area (Å²) in [5.41, 5.74) is 2.03. The lowest BCUT2D eigenvalue weighted by atomic mass is 10.1. The predicted octanol–water partition coefficient (Wildman–Crippen LogP) is 2.52. The van der Waals surface area contributed by atoms with Crippen molar-refractivity contribution in [1.29, 1.82) is 0 Å². The number of rotatable bonds is 5. The Balaban J connectivity index is 1.70. The third kappa shape index (κ3) is 3.74. The number of carboxylic acid groups (broad SMARTS) is 1. The zero-order chi connectivity index (χ0) is 17.8. The van der Waals surface area contributed by atoms with E-state index in [-0.39, 0.29) is 17.2 Å². The van der Waals surface area contributed by atoms with E-state index in [1.54, 1.807) is 12.1 Å². The fourth-order valence-electron chi connectivity index (χ4n) is 2.55. The second kappa shape index (κ2) is 7.00. The number of hydrogen-bond acceptors (Lipinski definition) is 3. The van der Waals surface area contributed by atoms with Gasteiger partial charge in [-0.2, -0.15) is 0 Å². The topological polar surface area (TPSA) is 86.7 Å². The molecule has 2 aromatic carbocycles. The Bertz CT molecular complexity index is 841. The molecule has 126 valence electrons. The molecule has 3 rings (SSSR count). The van der Waals surface area contributed by atoms with E-state index in [2.05, 4.69) is 5.32 Å². The number of imide groups is 1. The number of carbonyl (C=O) groups is 3. The molecular formula is C19H16N2O4. The molecule has 3 amide bonds. The molecule has 0 spiro atoms. The lowest BCUT2D eigenvalue weighted by Gasteiger charge is -2.11.